The smallest absolute Gasteiger partial charge is 0.243 e. The molecule has 0 radical (unpaired) electrons. The first-order chi connectivity index (χ1) is 10.4. The van der Waals surface area contributed by atoms with Crippen LogP contribution in [0.4, 0.5) is 0 Å². The van der Waals surface area contributed by atoms with Crippen molar-refractivity contribution in [3.8, 4) is 0 Å². The third-order valence-electron chi connectivity index (χ3n) is 3.69. The maximum atomic E-state index is 12.4. The van der Waals surface area contributed by atoms with Gasteiger partial charge in [0.1, 0.15) is 0 Å². The Labute approximate surface area is 140 Å². The Morgan fingerprint density at radius 1 is 1.04 bits per heavy atom. The van der Waals surface area contributed by atoms with E-state index >= 15 is 0 Å². The molecular formula is C18H29NO3S. The van der Waals surface area contributed by atoms with Crippen LogP contribution >= 0.6 is 0 Å². The quantitative estimate of drug-likeness (QED) is 0.829. The average Bonchev–Trinajstić information content (AvgIpc) is 2.36. The van der Waals surface area contributed by atoms with E-state index in [0.717, 1.165) is 12.0 Å². The zero-order valence-corrected chi connectivity index (χ0v) is 15.8. The van der Waals surface area contributed by atoms with Crippen LogP contribution in [0.2, 0.25) is 0 Å². The summed E-state index contributed by atoms with van der Waals surface area (Å²) in [6, 6.07) is 7.83. The summed E-state index contributed by atoms with van der Waals surface area (Å²) >= 11 is 0. The Bertz CT molecular complexity index is 629. The van der Waals surface area contributed by atoms with Crippen LogP contribution in [0.3, 0.4) is 0 Å². The van der Waals surface area contributed by atoms with E-state index in [4.69, 9.17) is 0 Å². The van der Waals surface area contributed by atoms with Gasteiger partial charge < -0.3 is 0 Å². The Morgan fingerprint density at radius 2 is 1.57 bits per heavy atom. The van der Waals surface area contributed by atoms with Gasteiger partial charge in [0.2, 0.25) is 15.9 Å². The van der Waals surface area contributed by atoms with Gasteiger partial charge >= 0.3 is 0 Å². The van der Waals surface area contributed by atoms with Crippen LogP contribution in [0.25, 0.3) is 0 Å². The van der Waals surface area contributed by atoms with Crippen LogP contribution in [-0.2, 0) is 26.7 Å². The van der Waals surface area contributed by atoms with Gasteiger partial charge in [-0.1, -0.05) is 52.0 Å². The second kappa shape index (κ2) is 7.47. The van der Waals surface area contributed by atoms with Crippen molar-refractivity contribution in [1.82, 2.24) is 4.72 Å². The molecule has 0 aliphatic heterocycles. The van der Waals surface area contributed by atoms with Gasteiger partial charge in [0.15, 0.2) is 0 Å². The molecule has 1 amide bonds. The van der Waals surface area contributed by atoms with E-state index in [9.17, 15) is 13.2 Å². The number of amides is 1. The van der Waals surface area contributed by atoms with Crippen molar-refractivity contribution in [2.45, 2.75) is 53.4 Å². The molecule has 0 saturated heterocycles. The average molecular weight is 340 g/mol. The second-order valence-corrected chi connectivity index (χ2v) is 9.29. The van der Waals surface area contributed by atoms with Gasteiger partial charge in [0, 0.05) is 0 Å². The van der Waals surface area contributed by atoms with Gasteiger partial charge in [-0.2, -0.15) is 0 Å². The molecule has 0 saturated carbocycles. The molecule has 0 aromatic heterocycles. The normalized spacial score (nSPS) is 12.7. The molecule has 1 aromatic carbocycles. The number of hydrogen-bond donors (Lipinski definition) is 1. The van der Waals surface area contributed by atoms with Crippen molar-refractivity contribution in [3.63, 3.8) is 0 Å². The molecule has 0 spiro atoms. The summed E-state index contributed by atoms with van der Waals surface area (Å²) in [6.07, 6.45) is 0.982. The molecule has 1 aromatic rings. The lowest BCUT2D eigenvalue weighted by Crippen LogP contribution is -2.44. The summed E-state index contributed by atoms with van der Waals surface area (Å²) in [6.45, 7) is 11.4. The molecule has 0 bridgehead atoms. The highest BCUT2D eigenvalue weighted by Crippen LogP contribution is 2.24. The number of carbonyl (C=O) groups is 1. The van der Waals surface area contributed by atoms with Crippen molar-refractivity contribution in [2.75, 3.05) is 5.75 Å². The molecule has 0 fully saturated rings. The van der Waals surface area contributed by atoms with E-state index in [1.807, 2.05) is 38.1 Å². The first kappa shape index (κ1) is 19.7. The van der Waals surface area contributed by atoms with Crippen LogP contribution in [0.1, 0.15) is 52.7 Å². The summed E-state index contributed by atoms with van der Waals surface area (Å²) in [5.74, 6) is -0.00544. The predicted molar refractivity (Wildman–Crippen MR) is 94.8 cm³/mol. The van der Waals surface area contributed by atoms with E-state index in [1.165, 1.54) is 5.56 Å². The van der Waals surface area contributed by atoms with Gasteiger partial charge in [0.05, 0.1) is 11.2 Å². The number of rotatable bonds is 7. The van der Waals surface area contributed by atoms with Crippen LogP contribution in [-0.4, -0.2) is 20.1 Å². The summed E-state index contributed by atoms with van der Waals surface area (Å²) in [5.41, 5.74) is 1.12. The fourth-order valence-electron chi connectivity index (χ4n) is 2.41. The number of sulfonamides is 1. The maximum absolute atomic E-state index is 12.4. The van der Waals surface area contributed by atoms with E-state index in [2.05, 4.69) is 18.6 Å². The van der Waals surface area contributed by atoms with Gasteiger partial charge in [-0.25, -0.2) is 8.42 Å². The topological polar surface area (TPSA) is 63.2 Å². The molecule has 0 unspecified atom stereocenters. The van der Waals surface area contributed by atoms with Crippen LogP contribution < -0.4 is 4.72 Å². The predicted octanol–water partition coefficient (Wildman–Crippen LogP) is 3.26. The highest BCUT2D eigenvalue weighted by atomic mass is 32.2. The molecule has 1 N–H and O–H groups in total. The molecule has 23 heavy (non-hydrogen) atoms. The van der Waals surface area contributed by atoms with Gasteiger partial charge in [-0.3, -0.25) is 9.52 Å². The fourth-order valence-corrected chi connectivity index (χ4v) is 3.91. The SMILES string of the molecule is CC(C)Cc1ccc(C(C)(C)C(=O)NS(=O)(=O)CC(C)C)cc1. The third kappa shape index (κ3) is 5.98. The largest absolute Gasteiger partial charge is 0.273 e. The van der Waals surface area contributed by atoms with Crippen molar-refractivity contribution in [1.29, 1.82) is 0 Å². The van der Waals surface area contributed by atoms with E-state index < -0.39 is 21.3 Å². The first-order valence-electron chi connectivity index (χ1n) is 8.08. The Hall–Kier alpha value is -1.36. The van der Waals surface area contributed by atoms with E-state index in [1.54, 1.807) is 13.8 Å². The molecule has 0 aliphatic rings. The lowest BCUT2D eigenvalue weighted by atomic mass is 9.83. The molecule has 5 heteroatoms. The lowest BCUT2D eigenvalue weighted by molar-refractivity contribution is -0.123. The van der Waals surface area contributed by atoms with Crippen molar-refractivity contribution in [3.05, 3.63) is 35.4 Å². The number of nitrogens with one attached hydrogen (secondary N) is 1. The lowest BCUT2D eigenvalue weighted by Gasteiger charge is -2.24. The highest BCUT2D eigenvalue weighted by Gasteiger charge is 2.32. The molecule has 1 rings (SSSR count). The summed E-state index contributed by atoms with van der Waals surface area (Å²) in [4.78, 5) is 12.4. The van der Waals surface area contributed by atoms with Gasteiger partial charge in [0.25, 0.3) is 0 Å². The van der Waals surface area contributed by atoms with E-state index in [0.29, 0.717) is 5.92 Å². The van der Waals surface area contributed by atoms with Crippen LogP contribution in [0.15, 0.2) is 24.3 Å². The Morgan fingerprint density at radius 3 is 2.00 bits per heavy atom. The van der Waals surface area contributed by atoms with Gasteiger partial charge in [-0.05, 0) is 43.2 Å². The Balaban J connectivity index is 2.90. The van der Waals surface area contributed by atoms with Crippen LogP contribution in [0.5, 0.6) is 0 Å². The standard InChI is InChI=1S/C18H29NO3S/c1-13(2)11-15-7-9-16(10-8-15)18(5,6)17(20)19-23(21,22)12-14(3)4/h7-10,13-14H,11-12H2,1-6H3,(H,19,20). The van der Waals surface area contributed by atoms with E-state index in [-0.39, 0.29) is 11.7 Å². The maximum Gasteiger partial charge on any atom is 0.243 e. The highest BCUT2D eigenvalue weighted by molar-refractivity contribution is 7.90. The summed E-state index contributed by atoms with van der Waals surface area (Å²) < 4.78 is 26.2. The molecule has 0 heterocycles. The minimum Gasteiger partial charge on any atom is -0.273 e. The van der Waals surface area contributed by atoms with Crippen molar-refractivity contribution in [2.24, 2.45) is 11.8 Å². The third-order valence-corrected chi connectivity index (χ3v) is 5.29. The molecular weight excluding hydrogens is 310 g/mol. The fraction of sp³-hybridized carbons (Fsp3) is 0.611. The van der Waals surface area contributed by atoms with Crippen molar-refractivity contribution >= 4 is 15.9 Å². The summed E-state index contributed by atoms with van der Waals surface area (Å²) in [7, 11) is -3.59. The molecule has 0 atom stereocenters. The van der Waals surface area contributed by atoms with Gasteiger partial charge in [-0.15, -0.1) is 0 Å². The second-order valence-electron chi connectivity index (χ2n) is 7.53. The summed E-state index contributed by atoms with van der Waals surface area (Å²) in [5, 5.41) is 0. The molecule has 130 valence electrons. The minimum absolute atomic E-state index is 0.0290. The number of hydrogen-bond acceptors (Lipinski definition) is 3. The number of benzene rings is 1. The first-order valence-corrected chi connectivity index (χ1v) is 9.73. The molecule has 0 aliphatic carbocycles. The van der Waals surface area contributed by atoms with Crippen molar-refractivity contribution < 1.29 is 13.2 Å². The monoisotopic (exact) mass is 339 g/mol. The van der Waals surface area contributed by atoms with Crippen LogP contribution in [0, 0.1) is 11.8 Å². The Kier molecular flexibility index (Phi) is 6.40. The number of carbonyl (C=O) groups excluding carboxylic acids is 1. The zero-order valence-electron chi connectivity index (χ0n) is 15.0. The molecule has 4 nitrogen and oxygen atoms in total. The minimum atomic E-state index is -3.59. The zero-order chi connectivity index (χ0) is 17.8.